The fourth-order valence-electron chi connectivity index (χ4n) is 3.04. The van der Waals surface area contributed by atoms with Crippen molar-refractivity contribution in [3.63, 3.8) is 0 Å². The summed E-state index contributed by atoms with van der Waals surface area (Å²) in [7, 11) is 0. The molecule has 0 nitrogen and oxygen atoms in total. The first-order valence-corrected chi connectivity index (χ1v) is 9.23. The molecule has 0 bridgehead atoms. The molecule has 0 radical (unpaired) electrons. The van der Waals surface area contributed by atoms with E-state index in [9.17, 15) is 0 Å². The minimum atomic E-state index is 0. The Kier molecular flexibility index (Phi) is 13.2. The van der Waals surface area contributed by atoms with E-state index >= 15 is 0 Å². The first-order chi connectivity index (χ1) is 10.8. The topological polar surface area (TPSA) is 0 Å². The molecule has 0 N–H and O–H groups in total. The van der Waals surface area contributed by atoms with Gasteiger partial charge in [-0.1, -0.05) is 79.1 Å². The van der Waals surface area contributed by atoms with Crippen LogP contribution in [0.5, 0.6) is 0 Å². The molecule has 0 saturated heterocycles. The maximum atomic E-state index is 2.26. The molecule has 0 aliphatic carbocycles. The molecule has 0 aromatic heterocycles. The minimum Gasteiger partial charge on any atom is -0.210 e. The summed E-state index contributed by atoms with van der Waals surface area (Å²) < 4.78 is 0. The maximum Gasteiger partial charge on any atom is 2.00 e. The smallest absolute Gasteiger partial charge is 0.210 e. The van der Waals surface area contributed by atoms with Crippen LogP contribution in [-0.4, -0.2) is 0 Å². The number of rotatable bonds is 8. The SMILES string of the molecule is CCCc1cc[cH-]c1CCC.CCCc1cc[cH-]c1CCC.[Fe+2]. The zero-order chi connectivity index (χ0) is 16.2. The van der Waals surface area contributed by atoms with E-state index in [4.69, 9.17) is 0 Å². The molecule has 0 aliphatic heterocycles. The van der Waals surface area contributed by atoms with Gasteiger partial charge in [0.15, 0.2) is 0 Å². The van der Waals surface area contributed by atoms with E-state index in [1.54, 1.807) is 22.3 Å². The standard InChI is InChI=1S/2C11H17.Fe/c2*1-3-6-10-8-5-9-11(10)7-4-2;/h2*5,8-9H,3-4,6-7H2,1-2H3;/q2*-1;+2. The van der Waals surface area contributed by atoms with Crippen molar-refractivity contribution in [2.45, 2.75) is 79.1 Å². The van der Waals surface area contributed by atoms with Gasteiger partial charge in [0.1, 0.15) is 0 Å². The van der Waals surface area contributed by atoms with Crippen LogP contribution in [0.3, 0.4) is 0 Å². The van der Waals surface area contributed by atoms with E-state index < -0.39 is 0 Å². The quantitative estimate of drug-likeness (QED) is 0.369. The summed E-state index contributed by atoms with van der Waals surface area (Å²) in [5.41, 5.74) is 6.26. The molecular weight excluding hydrogens is 320 g/mol. The van der Waals surface area contributed by atoms with Crippen LogP contribution >= 0.6 is 0 Å². The van der Waals surface area contributed by atoms with Gasteiger partial charge >= 0.3 is 17.1 Å². The second-order valence-electron chi connectivity index (χ2n) is 6.15. The summed E-state index contributed by atoms with van der Waals surface area (Å²) in [4.78, 5) is 0. The van der Waals surface area contributed by atoms with E-state index in [-0.39, 0.29) is 17.1 Å². The van der Waals surface area contributed by atoms with Crippen molar-refractivity contribution in [1.29, 1.82) is 0 Å². The molecule has 2 rings (SSSR count). The molecule has 130 valence electrons. The van der Waals surface area contributed by atoms with E-state index in [1.165, 1.54) is 51.4 Å². The Morgan fingerprint density at radius 2 is 0.957 bits per heavy atom. The molecule has 0 aliphatic rings. The van der Waals surface area contributed by atoms with E-state index in [2.05, 4.69) is 64.1 Å². The van der Waals surface area contributed by atoms with E-state index in [0.29, 0.717) is 0 Å². The summed E-state index contributed by atoms with van der Waals surface area (Å²) in [5.74, 6) is 0. The van der Waals surface area contributed by atoms with Crippen molar-refractivity contribution in [2.75, 3.05) is 0 Å². The zero-order valence-electron chi connectivity index (χ0n) is 15.5. The Morgan fingerprint density at radius 1 is 0.609 bits per heavy atom. The molecule has 0 spiro atoms. The van der Waals surface area contributed by atoms with Crippen LogP contribution < -0.4 is 0 Å². The summed E-state index contributed by atoms with van der Waals surface area (Å²) in [6.07, 6.45) is 10.1. The Labute approximate surface area is 154 Å². The molecule has 0 amide bonds. The van der Waals surface area contributed by atoms with Crippen molar-refractivity contribution in [2.24, 2.45) is 0 Å². The fourth-order valence-corrected chi connectivity index (χ4v) is 3.04. The molecule has 0 heterocycles. The van der Waals surface area contributed by atoms with Gasteiger partial charge in [-0.3, -0.25) is 0 Å². The summed E-state index contributed by atoms with van der Waals surface area (Å²) in [5, 5.41) is 0. The van der Waals surface area contributed by atoms with E-state index in [1.807, 2.05) is 0 Å². The summed E-state index contributed by atoms with van der Waals surface area (Å²) >= 11 is 0. The van der Waals surface area contributed by atoms with Crippen LogP contribution in [0.25, 0.3) is 0 Å². The predicted octanol–water partition coefficient (Wildman–Crippen LogP) is 6.62. The average molecular weight is 354 g/mol. The van der Waals surface area contributed by atoms with Gasteiger partial charge in [0.05, 0.1) is 0 Å². The first-order valence-electron chi connectivity index (χ1n) is 9.23. The summed E-state index contributed by atoms with van der Waals surface area (Å²) in [6.45, 7) is 8.96. The number of aryl methyl sites for hydroxylation is 4. The Balaban J connectivity index is 0.000000403. The second kappa shape index (κ2) is 13.6. The van der Waals surface area contributed by atoms with Crippen molar-refractivity contribution in [3.8, 4) is 0 Å². The largest absolute Gasteiger partial charge is 2.00 e. The third-order valence-corrected chi connectivity index (χ3v) is 4.09. The van der Waals surface area contributed by atoms with Crippen LogP contribution in [0.1, 0.15) is 75.6 Å². The fraction of sp³-hybridized carbons (Fsp3) is 0.545. The molecule has 1 heteroatoms. The van der Waals surface area contributed by atoms with Crippen molar-refractivity contribution >= 4 is 0 Å². The zero-order valence-corrected chi connectivity index (χ0v) is 16.6. The monoisotopic (exact) mass is 354 g/mol. The van der Waals surface area contributed by atoms with Crippen LogP contribution in [0.4, 0.5) is 0 Å². The van der Waals surface area contributed by atoms with E-state index in [0.717, 1.165) is 0 Å². The molecule has 0 unspecified atom stereocenters. The normalized spacial score (nSPS) is 9.91. The van der Waals surface area contributed by atoms with Gasteiger partial charge in [0.25, 0.3) is 0 Å². The average Bonchev–Trinajstić information content (AvgIpc) is 3.12. The number of hydrogen-bond acceptors (Lipinski definition) is 0. The molecule has 0 fully saturated rings. The second-order valence-corrected chi connectivity index (χ2v) is 6.15. The van der Waals surface area contributed by atoms with Crippen LogP contribution in [-0.2, 0) is 42.8 Å². The Morgan fingerprint density at radius 3 is 1.26 bits per heavy atom. The third-order valence-electron chi connectivity index (χ3n) is 4.09. The van der Waals surface area contributed by atoms with Crippen molar-refractivity contribution < 1.29 is 17.1 Å². The van der Waals surface area contributed by atoms with Crippen molar-refractivity contribution in [1.82, 2.24) is 0 Å². The summed E-state index contributed by atoms with van der Waals surface area (Å²) in [6, 6.07) is 13.4. The van der Waals surface area contributed by atoms with Gasteiger partial charge in [-0.05, 0) is 0 Å². The minimum absolute atomic E-state index is 0. The maximum absolute atomic E-state index is 2.26. The van der Waals surface area contributed by atoms with Crippen LogP contribution in [0, 0.1) is 0 Å². The Hall–Kier alpha value is -0.781. The molecule has 0 atom stereocenters. The van der Waals surface area contributed by atoms with Gasteiger partial charge in [-0.25, -0.2) is 12.1 Å². The van der Waals surface area contributed by atoms with Gasteiger partial charge in [-0.15, -0.1) is 0 Å². The predicted molar refractivity (Wildman–Crippen MR) is 100 cm³/mol. The van der Waals surface area contributed by atoms with Gasteiger partial charge in [-0.2, -0.15) is 46.5 Å². The first kappa shape index (κ1) is 22.2. The Bertz CT molecular complexity index is 402. The van der Waals surface area contributed by atoms with Gasteiger partial charge in [0.2, 0.25) is 0 Å². The number of hydrogen-bond donors (Lipinski definition) is 0. The molecular formula is C22H34Fe. The van der Waals surface area contributed by atoms with Crippen LogP contribution in [0.15, 0.2) is 36.4 Å². The molecule has 0 saturated carbocycles. The van der Waals surface area contributed by atoms with Gasteiger partial charge < -0.3 is 0 Å². The van der Waals surface area contributed by atoms with Gasteiger partial charge in [0, 0.05) is 0 Å². The van der Waals surface area contributed by atoms with Crippen LogP contribution in [0.2, 0.25) is 0 Å². The molecule has 2 aromatic carbocycles. The molecule has 2 aromatic rings. The van der Waals surface area contributed by atoms with Crippen molar-refractivity contribution in [3.05, 3.63) is 58.7 Å². The molecule has 23 heavy (non-hydrogen) atoms. The third kappa shape index (κ3) is 8.04.